The fourth-order valence-electron chi connectivity index (χ4n) is 1.84. The summed E-state index contributed by atoms with van der Waals surface area (Å²) in [6, 6.07) is 14.4. The SMILES string of the molecule is COc1cc(N)ccc1C(=O)NCCOc1ccccc1. The van der Waals surface area contributed by atoms with Gasteiger partial charge < -0.3 is 20.5 Å². The van der Waals surface area contributed by atoms with Crippen molar-refractivity contribution in [1.82, 2.24) is 5.32 Å². The molecule has 0 aliphatic heterocycles. The molecule has 0 radical (unpaired) electrons. The molecule has 5 heteroatoms. The van der Waals surface area contributed by atoms with Crippen LogP contribution in [0.1, 0.15) is 10.4 Å². The molecule has 0 aliphatic carbocycles. The number of carbonyl (C=O) groups is 1. The second kappa shape index (κ2) is 7.19. The second-order valence-electron chi connectivity index (χ2n) is 4.38. The van der Waals surface area contributed by atoms with Crippen LogP contribution in [-0.4, -0.2) is 26.2 Å². The average Bonchev–Trinajstić information content (AvgIpc) is 2.52. The van der Waals surface area contributed by atoms with E-state index in [4.69, 9.17) is 15.2 Å². The van der Waals surface area contributed by atoms with Gasteiger partial charge in [-0.05, 0) is 24.3 Å². The molecule has 0 saturated heterocycles. The number of ether oxygens (including phenoxy) is 2. The first kappa shape index (κ1) is 14.7. The zero-order chi connectivity index (χ0) is 15.1. The minimum absolute atomic E-state index is 0.219. The molecule has 2 aromatic carbocycles. The topological polar surface area (TPSA) is 73.6 Å². The number of hydrogen-bond acceptors (Lipinski definition) is 4. The van der Waals surface area contributed by atoms with Crippen LogP contribution in [-0.2, 0) is 0 Å². The van der Waals surface area contributed by atoms with Gasteiger partial charge in [0, 0.05) is 11.8 Å². The summed E-state index contributed by atoms with van der Waals surface area (Å²) in [6.45, 7) is 0.800. The number of methoxy groups -OCH3 is 1. The number of rotatable bonds is 6. The maximum Gasteiger partial charge on any atom is 0.255 e. The highest BCUT2D eigenvalue weighted by molar-refractivity contribution is 5.97. The van der Waals surface area contributed by atoms with Crippen molar-refractivity contribution in [1.29, 1.82) is 0 Å². The Balaban J connectivity index is 1.85. The third kappa shape index (κ3) is 4.14. The van der Waals surface area contributed by atoms with Crippen LogP contribution >= 0.6 is 0 Å². The molecule has 1 amide bonds. The Morgan fingerprint density at radius 3 is 2.67 bits per heavy atom. The fraction of sp³-hybridized carbons (Fsp3) is 0.188. The lowest BCUT2D eigenvalue weighted by molar-refractivity contribution is 0.0944. The Bertz CT molecular complexity index is 600. The molecule has 0 spiro atoms. The van der Waals surface area contributed by atoms with E-state index in [-0.39, 0.29) is 5.91 Å². The first-order valence-electron chi connectivity index (χ1n) is 6.60. The molecule has 21 heavy (non-hydrogen) atoms. The molecule has 3 N–H and O–H groups in total. The number of anilines is 1. The lowest BCUT2D eigenvalue weighted by Gasteiger charge is -2.10. The lowest BCUT2D eigenvalue weighted by atomic mass is 10.1. The van der Waals surface area contributed by atoms with Crippen molar-refractivity contribution >= 4 is 11.6 Å². The average molecular weight is 286 g/mol. The van der Waals surface area contributed by atoms with Gasteiger partial charge in [0.15, 0.2) is 0 Å². The number of nitrogens with one attached hydrogen (secondary N) is 1. The van der Waals surface area contributed by atoms with Crippen LogP contribution in [0.15, 0.2) is 48.5 Å². The zero-order valence-corrected chi connectivity index (χ0v) is 11.8. The number of amides is 1. The smallest absolute Gasteiger partial charge is 0.255 e. The monoisotopic (exact) mass is 286 g/mol. The predicted octanol–water partition coefficient (Wildman–Crippen LogP) is 2.09. The van der Waals surface area contributed by atoms with Gasteiger partial charge in [-0.1, -0.05) is 18.2 Å². The minimum Gasteiger partial charge on any atom is -0.496 e. The summed E-state index contributed by atoms with van der Waals surface area (Å²) in [7, 11) is 1.50. The van der Waals surface area contributed by atoms with Crippen molar-refractivity contribution in [3.63, 3.8) is 0 Å². The number of carbonyl (C=O) groups excluding carboxylic acids is 1. The quantitative estimate of drug-likeness (QED) is 0.630. The summed E-state index contributed by atoms with van der Waals surface area (Å²) < 4.78 is 10.7. The standard InChI is InChI=1S/C16H18N2O3/c1-20-15-11-12(17)7-8-14(15)16(19)18-9-10-21-13-5-3-2-4-6-13/h2-8,11H,9-10,17H2,1H3,(H,18,19). The van der Waals surface area contributed by atoms with Gasteiger partial charge in [0.05, 0.1) is 19.2 Å². The van der Waals surface area contributed by atoms with Crippen molar-refractivity contribution in [2.45, 2.75) is 0 Å². The summed E-state index contributed by atoms with van der Waals surface area (Å²) in [6.07, 6.45) is 0. The van der Waals surface area contributed by atoms with Gasteiger partial charge in [0.2, 0.25) is 0 Å². The molecule has 0 saturated carbocycles. The highest BCUT2D eigenvalue weighted by Gasteiger charge is 2.11. The molecule has 0 unspecified atom stereocenters. The highest BCUT2D eigenvalue weighted by atomic mass is 16.5. The zero-order valence-electron chi connectivity index (χ0n) is 11.8. The maximum absolute atomic E-state index is 12.1. The number of para-hydroxylation sites is 1. The van der Waals surface area contributed by atoms with Crippen LogP contribution in [0.3, 0.4) is 0 Å². The van der Waals surface area contributed by atoms with E-state index in [1.54, 1.807) is 18.2 Å². The molecule has 2 aromatic rings. The first-order chi connectivity index (χ1) is 10.2. The normalized spacial score (nSPS) is 9.95. The van der Waals surface area contributed by atoms with Crippen molar-refractivity contribution in [2.75, 3.05) is 26.0 Å². The molecule has 5 nitrogen and oxygen atoms in total. The van der Waals surface area contributed by atoms with Gasteiger partial charge in [-0.15, -0.1) is 0 Å². The van der Waals surface area contributed by atoms with E-state index in [2.05, 4.69) is 5.32 Å². The molecule has 0 atom stereocenters. The number of nitrogen functional groups attached to an aromatic ring is 1. The highest BCUT2D eigenvalue weighted by Crippen LogP contribution is 2.21. The summed E-state index contributed by atoms with van der Waals surface area (Å²) in [5.74, 6) is 1.01. The third-order valence-corrected chi connectivity index (χ3v) is 2.87. The van der Waals surface area contributed by atoms with E-state index >= 15 is 0 Å². The lowest BCUT2D eigenvalue weighted by Crippen LogP contribution is -2.28. The van der Waals surface area contributed by atoms with Crippen molar-refractivity contribution in [2.24, 2.45) is 0 Å². The second-order valence-corrected chi connectivity index (χ2v) is 4.38. The molecule has 2 rings (SSSR count). The molecular formula is C16H18N2O3. The van der Waals surface area contributed by atoms with E-state index in [0.717, 1.165) is 5.75 Å². The Morgan fingerprint density at radius 1 is 1.19 bits per heavy atom. The summed E-state index contributed by atoms with van der Waals surface area (Å²) in [5, 5.41) is 2.78. The third-order valence-electron chi connectivity index (χ3n) is 2.87. The van der Waals surface area contributed by atoms with Gasteiger partial charge in [0.25, 0.3) is 5.91 Å². The van der Waals surface area contributed by atoms with E-state index in [9.17, 15) is 4.79 Å². The van der Waals surface area contributed by atoms with Gasteiger partial charge in [-0.2, -0.15) is 0 Å². The first-order valence-corrected chi connectivity index (χ1v) is 6.60. The van der Waals surface area contributed by atoms with Crippen LogP contribution in [0.4, 0.5) is 5.69 Å². The Morgan fingerprint density at radius 2 is 1.95 bits per heavy atom. The van der Waals surface area contributed by atoms with Crippen LogP contribution < -0.4 is 20.5 Å². The molecule has 110 valence electrons. The van der Waals surface area contributed by atoms with Gasteiger partial charge in [-0.3, -0.25) is 4.79 Å². The van der Waals surface area contributed by atoms with Crippen LogP contribution in [0.2, 0.25) is 0 Å². The molecule has 0 aromatic heterocycles. The molecule has 0 aliphatic rings. The summed E-state index contributed by atoms with van der Waals surface area (Å²) in [5.41, 5.74) is 6.66. The summed E-state index contributed by atoms with van der Waals surface area (Å²) in [4.78, 5) is 12.1. The Labute approximate surface area is 123 Å². The van der Waals surface area contributed by atoms with Gasteiger partial charge in [-0.25, -0.2) is 0 Å². The molecule has 0 bridgehead atoms. The van der Waals surface area contributed by atoms with E-state index in [0.29, 0.717) is 30.2 Å². The van der Waals surface area contributed by atoms with Crippen LogP contribution in [0.25, 0.3) is 0 Å². The minimum atomic E-state index is -0.219. The van der Waals surface area contributed by atoms with Crippen LogP contribution in [0.5, 0.6) is 11.5 Å². The van der Waals surface area contributed by atoms with Gasteiger partial charge >= 0.3 is 0 Å². The number of hydrogen-bond donors (Lipinski definition) is 2. The molecule has 0 fully saturated rings. The van der Waals surface area contributed by atoms with E-state index in [1.165, 1.54) is 7.11 Å². The molecular weight excluding hydrogens is 268 g/mol. The largest absolute Gasteiger partial charge is 0.496 e. The van der Waals surface area contributed by atoms with Crippen molar-refractivity contribution in [3.8, 4) is 11.5 Å². The fourth-order valence-corrected chi connectivity index (χ4v) is 1.84. The molecule has 0 heterocycles. The van der Waals surface area contributed by atoms with Crippen molar-refractivity contribution in [3.05, 3.63) is 54.1 Å². The number of benzene rings is 2. The number of nitrogens with two attached hydrogens (primary N) is 1. The Kier molecular flexibility index (Phi) is 5.04. The van der Waals surface area contributed by atoms with Crippen molar-refractivity contribution < 1.29 is 14.3 Å². The predicted molar refractivity (Wildman–Crippen MR) is 81.7 cm³/mol. The van der Waals surface area contributed by atoms with Gasteiger partial charge in [0.1, 0.15) is 18.1 Å². The summed E-state index contributed by atoms with van der Waals surface area (Å²) >= 11 is 0. The van der Waals surface area contributed by atoms with E-state index in [1.807, 2.05) is 30.3 Å². The van der Waals surface area contributed by atoms with Crippen LogP contribution in [0, 0.1) is 0 Å². The maximum atomic E-state index is 12.1. The van der Waals surface area contributed by atoms with E-state index < -0.39 is 0 Å². The Hall–Kier alpha value is -2.69.